The first-order valence-corrected chi connectivity index (χ1v) is 7.13. The van der Waals surface area contributed by atoms with E-state index in [0.29, 0.717) is 20.8 Å². The molecule has 0 spiro atoms. The van der Waals surface area contributed by atoms with Crippen molar-refractivity contribution in [3.05, 3.63) is 62.6 Å². The van der Waals surface area contributed by atoms with Crippen molar-refractivity contribution in [1.29, 1.82) is 0 Å². The zero-order valence-corrected chi connectivity index (χ0v) is 13.0. The lowest BCUT2D eigenvalue weighted by Crippen LogP contribution is -2.11. The average molecular weight is 332 g/mol. The number of rotatable bonds is 4. The van der Waals surface area contributed by atoms with Crippen molar-refractivity contribution in [2.45, 2.75) is 13.0 Å². The molecule has 2 aromatic carbocycles. The van der Waals surface area contributed by atoms with Gasteiger partial charge in [-0.3, -0.25) is 0 Å². The molecule has 20 heavy (non-hydrogen) atoms. The zero-order chi connectivity index (χ0) is 14.7. The molecule has 0 aromatic heterocycles. The molecular formula is C15H13Cl3O2. The van der Waals surface area contributed by atoms with E-state index in [1.807, 2.05) is 31.2 Å². The number of hydrogen-bond donors (Lipinski definition) is 1. The Morgan fingerprint density at radius 2 is 1.70 bits per heavy atom. The van der Waals surface area contributed by atoms with Gasteiger partial charge in [0.1, 0.15) is 12.7 Å². The number of aliphatic hydroxyl groups excluding tert-OH is 1. The maximum atomic E-state index is 10.2. The Labute approximate surface area is 132 Å². The van der Waals surface area contributed by atoms with Crippen LogP contribution in [0.3, 0.4) is 0 Å². The second-order valence-electron chi connectivity index (χ2n) is 4.38. The minimum Gasteiger partial charge on any atom is -0.487 e. The lowest BCUT2D eigenvalue weighted by atomic mass is 10.0. The maximum Gasteiger partial charge on any atom is 0.156 e. The first-order valence-electron chi connectivity index (χ1n) is 6.00. The van der Waals surface area contributed by atoms with Crippen LogP contribution >= 0.6 is 34.8 Å². The number of aliphatic hydroxyl groups is 1. The molecule has 1 N–H and O–H groups in total. The molecule has 0 aliphatic rings. The van der Waals surface area contributed by atoms with Crippen LogP contribution in [0.4, 0.5) is 0 Å². The largest absolute Gasteiger partial charge is 0.487 e. The van der Waals surface area contributed by atoms with Crippen LogP contribution < -0.4 is 4.74 Å². The van der Waals surface area contributed by atoms with Gasteiger partial charge in [0, 0.05) is 5.02 Å². The van der Waals surface area contributed by atoms with Crippen LogP contribution in [0.5, 0.6) is 5.75 Å². The van der Waals surface area contributed by atoms with Gasteiger partial charge in [-0.05, 0) is 30.2 Å². The summed E-state index contributed by atoms with van der Waals surface area (Å²) in [5.74, 6) is 0.324. The predicted octanol–water partition coefficient (Wildman–Crippen LogP) is 5.07. The first-order chi connectivity index (χ1) is 9.49. The smallest absolute Gasteiger partial charge is 0.156 e. The summed E-state index contributed by atoms with van der Waals surface area (Å²) in [5, 5.41) is 11.2. The minimum atomic E-state index is -0.751. The normalized spacial score (nSPS) is 12.2. The number of hydrogen-bond acceptors (Lipinski definition) is 2. The van der Waals surface area contributed by atoms with Gasteiger partial charge in [0.05, 0.1) is 10.0 Å². The Bertz CT molecular complexity index is 591. The number of ether oxygens (including phenoxy) is 1. The fourth-order valence-corrected chi connectivity index (χ4v) is 2.81. The van der Waals surface area contributed by atoms with Gasteiger partial charge in [-0.1, -0.05) is 59.1 Å². The summed E-state index contributed by atoms with van der Waals surface area (Å²) in [5.41, 5.74) is 1.81. The number of benzene rings is 2. The third kappa shape index (κ3) is 3.58. The van der Waals surface area contributed by atoms with E-state index in [1.54, 1.807) is 12.1 Å². The van der Waals surface area contributed by atoms with E-state index in [2.05, 4.69) is 0 Å². The molecule has 0 saturated carbocycles. The summed E-state index contributed by atoms with van der Waals surface area (Å²) in [6, 6.07) is 10.7. The van der Waals surface area contributed by atoms with Crippen LogP contribution in [0.25, 0.3) is 0 Å². The van der Waals surface area contributed by atoms with E-state index in [1.165, 1.54) is 0 Å². The number of aryl methyl sites for hydroxylation is 1. The van der Waals surface area contributed by atoms with Crippen LogP contribution in [-0.4, -0.2) is 11.7 Å². The van der Waals surface area contributed by atoms with Crippen LogP contribution in [-0.2, 0) is 0 Å². The van der Waals surface area contributed by atoms with Crippen molar-refractivity contribution in [1.82, 2.24) is 0 Å². The summed E-state index contributed by atoms with van der Waals surface area (Å²) in [6.07, 6.45) is -0.751. The monoisotopic (exact) mass is 330 g/mol. The summed E-state index contributed by atoms with van der Waals surface area (Å²) < 4.78 is 5.52. The molecule has 0 aliphatic carbocycles. The second-order valence-corrected chi connectivity index (χ2v) is 5.63. The van der Waals surface area contributed by atoms with E-state index in [9.17, 15) is 5.11 Å². The predicted molar refractivity (Wildman–Crippen MR) is 83.1 cm³/mol. The lowest BCUT2D eigenvalue weighted by Gasteiger charge is -2.16. The van der Waals surface area contributed by atoms with Crippen molar-refractivity contribution in [2.75, 3.05) is 6.61 Å². The molecule has 0 heterocycles. The molecule has 1 unspecified atom stereocenters. The standard InChI is InChI=1S/C15H13Cl3O2/c1-9-4-2-3-5-11(9)14(19)8-20-15-12(17)6-10(16)7-13(15)18/h2-7,14,19H,8H2,1H3. The molecule has 0 saturated heterocycles. The lowest BCUT2D eigenvalue weighted by molar-refractivity contribution is 0.108. The van der Waals surface area contributed by atoms with Crippen molar-refractivity contribution in [2.24, 2.45) is 0 Å². The molecule has 0 amide bonds. The van der Waals surface area contributed by atoms with Gasteiger partial charge >= 0.3 is 0 Å². The van der Waals surface area contributed by atoms with Crippen molar-refractivity contribution in [3.8, 4) is 5.75 Å². The summed E-state index contributed by atoms with van der Waals surface area (Å²) in [6.45, 7) is 1.99. The Morgan fingerprint density at radius 3 is 2.30 bits per heavy atom. The van der Waals surface area contributed by atoms with Gasteiger partial charge in [0.2, 0.25) is 0 Å². The topological polar surface area (TPSA) is 29.5 Å². The summed E-state index contributed by atoms with van der Waals surface area (Å²) in [4.78, 5) is 0. The average Bonchev–Trinajstić information content (AvgIpc) is 2.37. The molecule has 5 heteroatoms. The van der Waals surface area contributed by atoms with Gasteiger partial charge in [-0.15, -0.1) is 0 Å². The van der Waals surface area contributed by atoms with Crippen molar-refractivity contribution < 1.29 is 9.84 Å². The van der Waals surface area contributed by atoms with E-state index in [0.717, 1.165) is 11.1 Å². The maximum absolute atomic E-state index is 10.2. The van der Waals surface area contributed by atoms with Gasteiger partial charge in [-0.25, -0.2) is 0 Å². The summed E-state index contributed by atoms with van der Waals surface area (Å²) >= 11 is 17.9. The van der Waals surface area contributed by atoms with E-state index in [-0.39, 0.29) is 6.61 Å². The Hall–Kier alpha value is -0.930. The highest BCUT2D eigenvalue weighted by molar-refractivity contribution is 6.40. The third-order valence-corrected chi connectivity index (χ3v) is 3.68. The highest BCUT2D eigenvalue weighted by Crippen LogP contribution is 2.36. The van der Waals surface area contributed by atoms with Crippen LogP contribution in [0.2, 0.25) is 15.1 Å². The highest BCUT2D eigenvalue weighted by Gasteiger charge is 2.14. The van der Waals surface area contributed by atoms with Crippen LogP contribution in [0.1, 0.15) is 17.2 Å². The molecule has 2 nitrogen and oxygen atoms in total. The van der Waals surface area contributed by atoms with Crippen LogP contribution in [0.15, 0.2) is 36.4 Å². The zero-order valence-electron chi connectivity index (χ0n) is 10.7. The second kappa shape index (κ2) is 6.68. The van der Waals surface area contributed by atoms with Crippen molar-refractivity contribution >= 4 is 34.8 Å². The molecular weight excluding hydrogens is 319 g/mol. The minimum absolute atomic E-state index is 0.0614. The van der Waals surface area contributed by atoms with Gasteiger partial charge in [-0.2, -0.15) is 0 Å². The molecule has 0 bridgehead atoms. The molecule has 2 rings (SSSR count). The Balaban J connectivity index is 2.12. The Morgan fingerprint density at radius 1 is 1.10 bits per heavy atom. The van der Waals surface area contributed by atoms with Crippen LogP contribution in [0, 0.1) is 6.92 Å². The van der Waals surface area contributed by atoms with E-state index >= 15 is 0 Å². The van der Waals surface area contributed by atoms with Crippen molar-refractivity contribution in [3.63, 3.8) is 0 Å². The Kier molecular flexibility index (Phi) is 5.17. The van der Waals surface area contributed by atoms with Gasteiger partial charge in [0.25, 0.3) is 0 Å². The molecule has 0 radical (unpaired) electrons. The first kappa shape index (κ1) is 15.5. The summed E-state index contributed by atoms with van der Waals surface area (Å²) in [7, 11) is 0. The SMILES string of the molecule is Cc1ccccc1C(O)COc1c(Cl)cc(Cl)cc1Cl. The molecule has 106 valence electrons. The quantitative estimate of drug-likeness (QED) is 0.847. The fraction of sp³-hybridized carbons (Fsp3) is 0.200. The molecule has 1 atom stereocenters. The fourth-order valence-electron chi connectivity index (χ4n) is 1.88. The molecule has 0 aliphatic heterocycles. The molecule has 0 fully saturated rings. The van der Waals surface area contributed by atoms with E-state index < -0.39 is 6.10 Å². The number of halogens is 3. The molecule has 2 aromatic rings. The van der Waals surface area contributed by atoms with E-state index in [4.69, 9.17) is 39.5 Å². The van der Waals surface area contributed by atoms with Gasteiger partial charge in [0.15, 0.2) is 5.75 Å². The highest BCUT2D eigenvalue weighted by atomic mass is 35.5. The van der Waals surface area contributed by atoms with Gasteiger partial charge < -0.3 is 9.84 Å². The third-order valence-electron chi connectivity index (χ3n) is 2.90.